The highest BCUT2D eigenvalue weighted by Crippen LogP contribution is 2.24. The molecule has 0 saturated heterocycles. The highest BCUT2D eigenvalue weighted by Gasteiger charge is 2.18. The Morgan fingerprint density at radius 3 is 2.86 bits per heavy atom. The Hall–Kier alpha value is -3.61. The summed E-state index contributed by atoms with van der Waals surface area (Å²) >= 11 is 0. The Kier molecular flexibility index (Phi) is 4.35. The molecule has 0 bridgehead atoms. The van der Waals surface area contributed by atoms with E-state index >= 15 is 0 Å². The first kappa shape index (κ1) is 17.8. The Labute approximate surface area is 160 Å². The van der Waals surface area contributed by atoms with Gasteiger partial charge in [-0.15, -0.1) is 0 Å². The molecule has 1 aliphatic rings. The van der Waals surface area contributed by atoms with Crippen LogP contribution in [-0.4, -0.2) is 23.5 Å². The third-order valence-electron chi connectivity index (χ3n) is 4.92. The van der Waals surface area contributed by atoms with E-state index in [0.29, 0.717) is 35.2 Å². The molecule has 7 heteroatoms. The standard InChI is InChI=1S/C21H18N2O5/c1-11-15-5-3-14(24)9-18(15)28-21(27)17(11)10-19(25)23-13-2-4-16-12(8-13)6-7-22-20(16)26/h2-5,8-9,24H,6-7,10H2,1H3,(H,22,26)(H,23,25). The van der Waals surface area contributed by atoms with Crippen LogP contribution in [0.1, 0.15) is 27.0 Å². The minimum Gasteiger partial charge on any atom is -0.508 e. The molecule has 7 nitrogen and oxygen atoms in total. The normalized spacial score (nSPS) is 13.1. The summed E-state index contributed by atoms with van der Waals surface area (Å²) in [6, 6.07) is 9.66. The van der Waals surface area contributed by atoms with Gasteiger partial charge in [0.15, 0.2) is 0 Å². The molecule has 3 aromatic rings. The van der Waals surface area contributed by atoms with Crippen LogP contribution in [-0.2, 0) is 17.6 Å². The van der Waals surface area contributed by atoms with Gasteiger partial charge in [-0.25, -0.2) is 4.79 Å². The van der Waals surface area contributed by atoms with Gasteiger partial charge in [-0.2, -0.15) is 0 Å². The van der Waals surface area contributed by atoms with Crippen LogP contribution in [0.3, 0.4) is 0 Å². The van der Waals surface area contributed by atoms with E-state index in [9.17, 15) is 19.5 Å². The van der Waals surface area contributed by atoms with Crippen molar-refractivity contribution < 1.29 is 19.1 Å². The molecular weight excluding hydrogens is 360 g/mol. The molecule has 28 heavy (non-hydrogen) atoms. The van der Waals surface area contributed by atoms with E-state index in [4.69, 9.17) is 4.42 Å². The molecule has 0 aliphatic carbocycles. The van der Waals surface area contributed by atoms with Crippen LogP contribution in [0.15, 0.2) is 45.6 Å². The van der Waals surface area contributed by atoms with Crippen LogP contribution in [0.2, 0.25) is 0 Å². The average molecular weight is 378 g/mol. The Morgan fingerprint density at radius 2 is 2.04 bits per heavy atom. The van der Waals surface area contributed by atoms with Gasteiger partial charge in [0.25, 0.3) is 5.91 Å². The first-order valence-corrected chi connectivity index (χ1v) is 8.88. The second-order valence-electron chi connectivity index (χ2n) is 6.78. The van der Waals surface area contributed by atoms with E-state index < -0.39 is 5.63 Å². The number of nitrogens with one attached hydrogen (secondary N) is 2. The van der Waals surface area contributed by atoms with Crippen LogP contribution < -0.4 is 16.3 Å². The summed E-state index contributed by atoms with van der Waals surface area (Å²) in [4.78, 5) is 36.6. The highest BCUT2D eigenvalue weighted by atomic mass is 16.4. The van der Waals surface area contributed by atoms with Crippen molar-refractivity contribution in [2.75, 3.05) is 11.9 Å². The van der Waals surface area contributed by atoms with E-state index in [1.54, 1.807) is 31.2 Å². The second-order valence-corrected chi connectivity index (χ2v) is 6.78. The molecule has 2 amide bonds. The number of carbonyl (C=O) groups excluding carboxylic acids is 2. The highest BCUT2D eigenvalue weighted by molar-refractivity contribution is 5.98. The number of anilines is 1. The number of hydrogen-bond acceptors (Lipinski definition) is 5. The van der Waals surface area contributed by atoms with Crippen molar-refractivity contribution in [1.29, 1.82) is 0 Å². The van der Waals surface area contributed by atoms with Gasteiger partial charge < -0.3 is 20.2 Å². The number of amides is 2. The summed E-state index contributed by atoms with van der Waals surface area (Å²) in [5.41, 5.74) is 2.65. The maximum absolute atomic E-state index is 12.5. The zero-order valence-electron chi connectivity index (χ0n) is 15.2. The fourth-order valence-corrected chi connectivity index (χ4v) is 3.46. The van der Waals surface area contributed by atoms with Crippen LogP contribution >= 0.6 is 0 Å². The fourth-order valence-electron chi connectivity index (χ4n) is 3.46. The summed E-state index contributed by atoms with van der Waals surface area (Å²) in [6.45, 7) is 2.31. The van der Waals surface area contributed by atoms with Gasteiger partial charge in [-0.1, -0.05) is 0 Å². The van der Waals surface area contributed by atoms with Crippen molar-refractivity contribution in [3.63, 3.8) is 0 Å². The first-order chi connectivity index (χ1) is 13.4. The monoisotopic (exact) mass is 378 g/mol. The number of aryl methyl sites for hydroxylation is 1. The number of carbonyl (C=O) groups is 2. The molecule has 0 spiro atoms. The Bertz CT molecular complexity index is 1180. The summed E-state index contributed by atoms with van der Waals surface area (Å²) in [5.74, 6) is -0.468. The predicted octanol–water partition coefficient (Wildman–Crippen LogP) is 2.27. The molecule has 1 aromatic heterocycles. The summed E-state index contributed by atoms with van der Waals surface area (Å²) in [7, 11) is 0. The molecule has 0 saturated carbocycles. The fraction of sp³-hybridized carbons (Fsp3) is 0.190. The summed E-state index contributed by atoms with van der Waals surface area (Å²) in [6.07, 6.45) is 0.563. The number of aromatic hydroxyl groups is 1. The van der Waals surface area contributed by atoms with Crippen LogP contribution in [0.25, 0.3) is 11.0 Å². The van der Waals surface area contributed by atoms with E-state index in [0.717, 1.165) is 5.56 Å². The molecule has 3 N–H and O–H groups in total. The topological polar surface area (TPSA) is 109 Å². The zero-order valence-corrected chi connectivity index (χ0v) is 15.2. The van der Waals surface area contributed by atoms with Crippen LogP contribution in [0.5, 0.6) is 5.75 Å². The van der Waals surface area contributed by atoms with Gasteiger partial charge in [0, 0.05) is 29.2 Å². The number of benzene rings is 2. The zero-order chi connectivity index (χ0) is 19.8. The van der Waals surface area contributed by atoms with Gasteiger partial charge in [0.05, 0.1) is 12.0 Å². The molecule has 2 heterocycles. The van der Waals surface area contributed by atoms with Crippen molar-refractivity contribution in [2.45, 2.75) is 19.8 Å². The second kappa shape index (κ2) is 6.84. The maximum Gasteiger partial charge on any atom is 0.340 e. The molecule has 4 rings (SSSR count). The Balaban J connectivity index is 1.58. The van der Waals surface area contributed by atoms with Gasteiger partial charge >= 0.3 is 5.63 Å². The number of phenols is 1. The lowest BCUT2D eigenvalue weighted by molar-refractivity contribution is -0.115. The maximum atomic E-state index is 12.5. The van der Waals surface area contributed by atoms with Gasteiger partial charge in [0.2, 0.25) is 5.91 Å². The lowest BCUT2D eigenvalue weighted by atomic mass is 9.99. The smallest absolute Gasteiger partial charge is 0.340 e. The molecule has 0 fully saturated rings. The molecule has 0 atom stereocenters. The lowest BCUT2D eigenvalue weighted by Crippen LogP contribution is -2.31. The minimum absolute atomic E-state index is 0.00151. The summed E-state index contributed by atoms with van der Waals surface area (Å²) < 4.78 is 5.25. The van der Waals surface area contributed by atoms with Crippen molar-refractivity contribution in [3.05, 3.63) is 69.1 Å². The number of rotatable bonds is 3. The molecule has 1 aliphatic heterocycles. The number of hydrogen-bond donors (Lipinski definition) is 3. The Morgan fingerprint density at radius 1 is 1.21 bits per heavy atom. The van der Waals surface area contributed by atoms with Crippen LogP contribution in [0, 0.1) is 6.92 Å². The first-order valence-electron chi connectivity index (χ1n) is 8.88. The largest absolute Gasteiger partial charge is 0.508 e. The van der Waals surface area contributed by atoms with E-state index in [1.165, 1.54) is 12.1 Å². The van der Waals surface area contributed by atoms with E-state index in [1.807, 2.05) is 0 Å². The number of fused-ring (bicyclic) bond motifs is 2. The van der Waals surface area contributed by atoms with Crippen molar-refractivity contribution in [2.24, 2.45) is 0 Å². The quantitative estimate of drug-likeness (QED) is 0.606. The van der Waals surface area contributed by atoms with Gasteiger partial charge in [-0.05, 0) is 54.8 Å². The summed E-state index contributed by atoms with van der Waals surface area (Å²) in [5, 5.41) is 15.8. The minimum atomic E-state index is -0.604. The van der Waals surface area contributed by atoms with Crippen molar-refractivity contribution in [3.8, 4) is 5.75 Å². The third-order valence-corrected chi connectivity index (χ3v) is 4.92. The molecule has 0 radical (unpaired) electrons. The SMILES string of the molecule is Cc1c(CC(=O)Nc2ccc3c(c2)CCNC3=O)c(=O)oc2cc(O)ccc12. The molecule has 142 valence electrons. The van der Waals surface area contributed by atoms with Gasteiger partial charge in [-0.3, -0.25) is 9.59 Å². The van der Waals surface area contributed by atoms with E-state index in [2.05, 4.69) is 10.6 Å². The molecular formula is C21H18N2O5. The molecule has 0 unspecified atom stereocenters. The lowest BCUT2D eigenvalue weighted by Gasteiger charge is -2.17. The number of phenolic OH excluding ortho intramolecular Hbond substituents is 1. The van der Waals surface area contributed by atoms with Crippen LogP contribution in [0.4, 0.5) is 5.69 Å². The van der Waals surface area contributed by atoms with Crippen molar-refractivity contribution >= 4 is 28.5 Å². The molecule has 2 aromatic carbocycles. The van der Waals surface area contributed by atoms with Gasteiger partial charge in [0.1, 0.15) is 11.3 Å². The van der Waals surface area contributed by atoms with E-state index in [-0.39, 0.29) is 35.1 Å². The predicted molar refractivity (Wildman–Crippen MR) is 104 cm³/mol. The average Bonchev–Trinajstić information content (AvgIpc) is 2.65. The third kappa shape index (κ3) is 3.22. The van der Waals surface area contributed by atoms with Crippen molar-refractivity contribution in [1.82, 2.24) is 5.32 Å².